The Morgan fingerprint density at radius 2 is 0.469 bits per heavy atom. The molecule has 12 aromatic rings. The minimum Gasteiger partial charge on any atom is -0.456 e. The van der Waals surface area contributed by atoms with Crippen molar-refractivity contribution in [2.75, 3.05) is 9.80 Å². The van der Waals surface area contributed by atoms with Gasteiger partial charge in [0, 0.05) is 55.7 Å². The lowest BCUT2D eigenvalue weighted by atomic mass is 10.0. The lowest BCUT2D eigenvalue weighted by Gasteiger charge is -2.26. The minimum absolute atomic E-state index is 0.868. The monoisotopic (exact) mass is 820 g/mol. The highest BCUT2D eigenvalue weighted by atomic mass is 16.3. The smallest absolute Gasteiger partial charge is 0.135 e. The third-order valence-electron chi connectivity index (χ3n) is 12.3. The fourth-order valence-electron chi connectivity index (χ4n) is 9.07. The molecule has 0 saturated carbocycles. The zero-order valence-electron chi connectivity index (χ0n) is 34.8. The van der Waals surface area contributed by atoms with Crippen LogP contribution in [-0.4, -0.2) is 0 Å². The minimum atomic E-state index is 0.868. The first-order valence-electron chi connectivity index (χ1n) is 21.6. The highest BCUT2D eigenvalue weighted by Crippen LogP contribution is 2.43. The van der Waals surface area contributed by atoms with Gasteiger partial charge in [-0.25, -0.2) is 0 Å². The van der Waals surface area contributed by atoms with Crippen LogP contribution in [0.25, 0.3) is 77.3 Å². The van der Waals surface area contributed by atoms with Crippen LogP contribution < -0.4 is 9.80 Å². The number of benzene rings is 10. The number of hydrogen-bond acceptors (Lipinski definition) is 4. The van der Waals surface area contributed by atoms with Crippen molar-refractivity contribution in [1.82, 2.24) is 0 Å². The molecule has 0 radical (unpaired) electrons. The number of anilines is 6. The van der Waals surface area contributed by atoms with Gasteiger partial charge < -0.3 is 18.6 Å². The highest BCUT2D eigenvalue weighted by Gasteiger charge is 2.19. The molecule has 0 N–H and O–H groups in total. The quantitative estimate of drug-likeness (QED) is 0.145. The van der Waals surface area contributed by atoms with Crippen LogP contribution in [0.5, 0.6) is 0 Å². The van der Waals surface area contributed by atoms with Gasteiger partial charge in [-0.3, -0.25) is 0 Å². The lowest BCUT2D eigenvalue weighted by molar-refractivity contribution is 0.668. The van der Waals surface area contributed by atoms with Crippen molar-refractivity contribution in [3.8, 4) is 33.4 Å². The Morgan fingerprint density at radius 1 is 0.203 bits per heavy atom. The topological polar surface area (TPSA) is 32.8 Å². The Labute approximate surface area is 371 Å². The molecule has 0 bridgehead atoms. The highest BCUT2D eigenvalue weighted by molar-refractivity contribution is 6.08. The molecule has 0 aliphatic rings. The second-order valence-corrected chi connectivity index (χ2v) is 16.1. The van der Waals surface area contributed by atoms with Gasteiger partial charge >= 0.3 is 0 Å². The summed E-state index contributed by atoms with van der Waals surface area (Å²) in [6, 6.07) is 85.9. The van der Waals surface area contributed by atoms with Crippen molar-refractivity contribution in [2.24, 2.45) is 0 Å². The molecule has 0 unspecified atom stereocenters. The molecule has 0 spiro atoms. The van der Waals surface area contributed by atoms with Crippen LogP contribution in [0.2, 0.25) is 0 Å². The molecule has 302 valence electrons. The SMILES string of the molecule is c1ccc(-c2ccc(N(c3ccc(-c4ccccc4)cc3)c3ccc(-c4ccc(N(c5ccc6oc7ccccc7c6c5)c5ccc6oc7ccccc7c6c5)cc4)cc3)cc2)cc1. The molecule has 4 nitrogen and oxygen atoms in total. The Kier molecular flexibility index (Phi) is 9.12. The van der Waals surface area contributed by atoms with Gasteiger partial charge in [0.1, 0.15) is 22.3 Å². The average Bonchev–Trinajstić information content (AvgIpc) is 3.94. The van der Waals surface area contributed by atoms with Crippen LogP contribution in [0, 0.1) is 0 Å². The summed E-state index contributed by atoms with van der Waals surface area (Å²) >= 11 is 0. The van der Waals surface area contributed by atoms with Crippen molar-refractivity contribution in [3.05, 3.63) is 243 Å². The fraction of sp³-hybridized carbons (Fsp3) is 0. The van der Waals surface area contributed by atoms with Crippen molar-refractivity contribution in [1.29, 1.82) is 0 Å². The predicted octanol–water partition coefficient (Wildman–Crippen LogP) is 17.4. The molecule has 0 aliphatic carbocycles. The maximum Gasteiger partial charge on any atom is 0.135 e. The molecule has 12 rings (SSSR count). The molecular weight excluding hydrogens is 781 g/mol. The van der Waals surface area contributed by atoms with E-state index in [0.29, 0.717) is 0 Å². The Hall–Kier alpha value is -8.60. The summed E-state index contributed by atoms with van der Waals surface area (Å²) in [6.07, 6.45) is 0. The first kappa shape index (κ1) is 37.2. The van der Waals surface area contributed by atoms with Gasteiger partial charge in [-0.1, -0.05) is 146 Å². The average molecular weight is 821 g/mol. The van der Waals surface area contributed by atoms with Crippen molar-refractivity contribution in [3.63, 3.8) is 0 Å². The molecular formula is C60H40N2O2. The van der Waals surface area contributed by atoms with E-state index in [1.165, 1.54) is 22.3 Å². The Bertz CT molecular complexity index is 3380. The van der Waals surface area contributed by atoms with Gasteiger partial charge in [-0.2, -0.15) is 0 Å². The van der Waals surface area contributed by atoms with E-state index >= 15 is 0 Å². The second-order valence-electron chi connectivity index (χ2n) is 16.1. The third-order valence-corrected chi connectivity index (χ3v) is 12.3. The van der Waals surface area contributed by atoms with Crippen LogP contribution >= 0.6 is 0 Å². The number of rotatable bonds is 9. The normalized spacial score (nSPS) is 11.4. The van der Waals surface area contributed by atoms with Crippen molar-refractivity contribution >= 4 is 78.0 Å². The lowest BCUT2D eigenvalue weighted by Crippen LogP contribution is -2.10. The summed E-state index contributed by atoms with van der Waals surface area (Å²) in [7, 11) is 0. The van der Waals surface area contributed by atoms with E-state index in [4.69, 9.17) is 8.83 Å². The van der Waals surface area contributed by atoms with Gasteiger partial charge in [0.2, 0.25) is 0 Å². The summed E-state index contributed by atoms with van der Waals surface area (Å²) in [5.41, 5.74) is 16.9. The van der Waals surface area contributed by atoms with E-state index in [9.17, 15) is 0 Å². The molecule has 0 fully saturated rings. The number of fused-ring (bicyclic) bond motifs is 6. The number of para-hydroxylation sites is 2. The summed E-state index contributed by atoms with van der Waals surface area (Å²) in [6.45, 7) is 0. The first-order chi connectivity index (χ1) is 31.7. The molecule has 2 heterocycles. The molecule has 0 saturated heterocycles. The zero-order valence-corrected chi connectivity index (χ0v) is 34.8. The summed E-state index contributed by atoms with van der Waals surface area (Å²) in [4.78, 5) is 4.65. The largest absolute Gasteiger partial charge is 0.456 e. The van der Waals surface area contributed by atoms with Gasteiger partial charge in [-0.15, -0.1) is 0 Å². The van der Waals surface area contributed by atoms with Crippen molar-refractivity contribution < 1.29 is 8.83 Å². The second kappa shape index (κ2) is 15.7. The summed E-state index contributed by atoms with van der Waals surface area (Å²) < 4.78 is 12.5. The summed E-state index contributed by atoms with van der Waals surface area (Å²) in [5, 5.41) is 4.36. The van der Waals surface area contributed by atoms with Gasteiger partial charge in [-0.05, 0) is 130 Å². The van der Waals surface area contributed by atoms with Crippen LogP contribution in [-0.2, 0) is 0 Å². The number of nitrogens with zero attached hydrogens (tertiary/aromatic N) is 2. The Morgan fingerprint density at radius 3 is 0.828 bits per heavy atom. The van der Waals surface area contributed by atoms with Crippen LogP contribution in [0.3, 0.4) is 0 Å². The molecule has 4 heteroatoms. The molecule has 0 aliphatic heterocycles. The van der Waals surface area contributed by atoms with E-state index < -0.39 is 0 Å². The first-order valence-corrected chi connectivity index (χ1v) is 21.6. The van der Waals surface area contributed by atoms with E-state index in [1.807, 2.05) is 24.3 Å². The van der Waals surface area contributed by atoms with Crippen LogP contribution in [0.15, 0.2) is 251 Å². The van der Waals surface area contributed by atoms with E-state index in [0.717, 1.165) is 89.1 Å². The molecule has 64 heavy (non-hydrogen) atoms. The van der Waals surface area contributed by atoms with E-state index in [2.05, 4.69) is 228 Å². The fourth-order valence-corrected chi connectivity index (χ4v) is 9.07. The van der Waals surface area contributed by atoms with E-state index in [-0.39, 0.29) is 0 Å². The number of furan rings is 2. The maximum absolute atomic E-state index is 6.24. The van der Waals surface area contributed by atoms with Crippen LogP contribution in [0.1, 0.15) is 0 Å². The van der Waals surface area contributed by atoms with E-state index in [1.54, 1.807) is 0 Å². The third kappa shape index (κ3) is 6.75. The van der Waals surface area contributed by atoms with Gasteiger partial charge in [0.25, 0.3) is 0 Å². The molecule has 0 atom stereocenters. The maximum atomic E-state index is 6.24. The number of hydrogen-bond donors (Lipinski definition) is 0. The standard InChI is InChI=1S/C60H40N2O2/c1-3-11-41(12-4-1)43-19-27-47(28-20-43)61(48-29-21-44(22-30-48)42-13-5-2-6-14-42)49-31-23-45(24-32-49)46-25-33-50(34-26-46)62(51-35-37-59-55(39-51)53-15-7-9-17-57(53)63-59)52-36-38-60-56(40-52)54-16-8-10-18-58(54)64-60/h1-40H. The van der Waals surface area contributed by atoms with Gasteiger partial charge in [0.15, 0.2) is 0 Å². The predicted molar refractivity (Wildman–Crippen MR) is 267 cm³/mol. The van der Waals surface area contributed by atoms with Gasteiger partial charge in [0.05, 0.1) is 0 Å². The Balaban J connectivity index is 0.903. The van der Waals surface area contributed by atoms with Crippen LogP contribution in [0.4, 0.5) is 34.1 Å². The summed E-state index contributed by atoms with van der Waals surface area (Å²) in [5.74, 6) is 0. The molecule has 2 aromatic heterocycles. The molecule has 10 aromatic carbocycles. The molecule has 0 amide bonds. The zero-order chi connectivity index (χ0) is 42.4. The van der Waals surface area contributed by atoms with Crippen molar-refractivity contribution in [2.45, 2.75) is 0 Å².